The van der Waals surface area contributed by atoms with Crippen LogP contribution in [0, 0.1) is 0 Å². The highest BCUT2D eigenvalue weighted by Crippen LogP contribution is 2.25. The Morgan fingerprint density at radius 3 is 3.17 bits per heavy atom. The van der Waals surface area contributed by atoms with Gasteiger partial charge in [0.25, 0.3) is 0 Å². The largest absolute Gasteiger partial charge is 0.381 e. The van der Waals surface area contributed by atoms with Crippen LogP contribution in [0.4, 0.5) is 11.8 Å². The number of hydrogen-bond acceptors (Lipinski definition) is 6. The van der Waals surface area contributed by atoms with Crippen molar-refractivity contribution in [3.63, 3.8) is 0 Å². The zero-order valence-corrected chi connectivity index (χ0v) is 11.5. The Hall–Kier alpha value is -1.01. The van der Waals surface area contributed by atoms with Crippen molar-refractivity contribution in [1.29, 1.82) is 0 Å². The Balaban J connectivity index is 1.97. The lowest BCUT2D eigenvalue weighted by Gasteiger charge is -2.11. The lowest BCUT2D eigenvalue weighted by atomic mass is 10.0. The van der Waals surface area contributed by atoms with Gasteiger partial charge in [0, 0.05) is 25.1 Å². The lowest BCUT2D eigenvalue weighted by molar-refractivity contribution is 0.193. The fourth-order valence-electron chi connectivity index (χ4n) is 1.99. The molecule has 0 bridgehead atoms. The van der Waals surface area contributed by atoms with Crippen molar-refractivity contribution in [2.24, 2.45) is 0 Å². The highest BCUT2D eigenvalue weighted by molar-refractivity contribution is 7.98. The summed E-state index contributed by atoms with van der Waals surface area (Å²) in [6.07, 6.45) is 4.25. The van der Waals surface area contributed by atoms with Gasteiger partial charge in [-0.1, -0.05) is 0 Å². The van der Waals surface area contributed by atoms with E-state index in [1.54, 1.807) is 0 Å². The molecule has 1 aliphatic rings. The third-order valence-electron chi connectivity index (χ3n) is 2.94. The van der Waals surface area contributed by atoms with Gasteiger partial charge in [0.05, 0.1) is 12.3 Å². The van der Waals surface area contributed by atoms with E-state index in [4.69, 9.17) is 10.5 Å². The number of aromatic nitrogens is 2. The summed E-state index contributed by atoms with van der Waals surface area (Å²) in [5.74, 6) is 2.68. The van der Waals surface area contributed by atoms with Crippen LogP contribution >= 0.6 is 11.8 Å². The Kier molecular flexibility index (Phi) is 5.07. The van der Waals surface area contributed by atoms with Crippen molar-refractivity contribution in [2.75, 3.05) is 42.8 Å². The minimum Gasteiger partial charge on any atom is -0.381 e. The molecule has 0 aliphatic carbocycles. The van der Waals surface area contributed by atoms with Crippen LogP contribution in [-0.2, 0) is 4.74 Å². The number of ether oxygens (including phenoxy) is 1. The monoisotopic (exact) mass is 268 g/mol. The van der Waals surface area contributed by atoms with Crippen molar-refractivity contribution >= 4 is 23.5 Å². The average molecular weight is 268 g/mol. The average Bonchev–Trinajstić information content (AvgIpc) is 2.88. The van der Waals surface area contributed by atoms with E-state index >= 15 is 0 Å². The van der Waals surface area contributed by atoms with Crippen molar-refractivity contribution in [1.82, 2.24) is 9.97 Å². The SMILES string of the molecule is CSCCCNc1cc([C@@H]2CCOC2)nc(N)n1. The number of nitrogens with two attached hydrogens (primary N) is 1. The van der Waals surface area contributed by atoms with E-state index < -0.39 is 0 Å². The normalized spacial score (nSPS) is 19.1. The molecule has 5 nitrogen and oxygen atoms in total. The van der Waals surface area contributed by atoms with Gasteiger partial charge in [-0.15, -0.1) is 0 Å². The molecule has 0 amide bonds. The zero-order chi connectivity index (χ0) is 12.8. The lowest BCUT2D eigenvalue weighted by Crippen LogP contribution is -2.10. The van der Waals surface area contributed by atoms with Crippen LogP contribution in [0.3, 0.4) is 0 Å². The standard InChI is InChI=1S/C12H20N4OS/c1-18-6-2-4-14-11-7-10(15-12(13)16-11)9-3-5-17-8-9/h7,9H,2-6,8H2,1H3,(H3,13,14,15,16)/t9-/m1/s1. The maximum absolute atomic E-state index is 5.75. The molecule has 18 heavy (non-hydrogen) atoms. The second kappa shape index (κ2) is 6.80. The molecule has 0 radical (unpaired) electrons. The molecular weight excluding hydrogens is 248 g/mol. The highest BCUT2D eigenvalue weighted by atomic mass is 32.2. The molecule has 0 saturated carbocycles. The first-order chi connectivity index (χ1) is 8.79. The molecule has 0 aromatic carbocycles. The van der Waals surface area contributed by atoms with Crippen LogP contribution in [0.25, 0.3) is 0 Å². The van der Waals surface area contributed by atoms with Crippen molar-refractivity contribution < 1.29 is 4.74 Å². The van der Waals surface area contributed by atoms with Gasteiger partial charge in [-0.25, -0.2) is 4.98 Å². The van der Waals surface area contributed by atoms with E-state index in [1.807, 2.05) is 17.8 Å². The molecule has 0 spiro atoms. The van der Waals surface area contributed by atoms with Gasteiger partial charge < -0.3 is 15.8 Å². The van der Waals surface area contributed by atoms with Crippen molar-refractivity contribution in [3.05, 3.63) is 11.8 Å². The number of hydrogen-bond donors (Lipinski definition) is 2. The van der Waals surface area contributed by atoms with Crippen molar-refractivity contribution in [2.45, 2.75) is 18.8 Å². The molecular formula is C12H20N4OS. The molecule has 1 aromatic rings. The van der Waals surface area contributed by atoms with Crippen LogP contribution < -0.4 is 11.1 Å². The van der Waals surface area contributed by atoms with Gasteiger partial charge in [0.15, 0.2) is 0 Å². The van der Waals surface area contributed by atoms with Crippen LogP contribution in [0.1, 0.15) is 24.5 Å². The molecule has 6 heteroatoms. The molecule has 1 aromatic heterocycles. The first-order valence-electron chi connectivity index (χ1n) is 6.24. The fourth-order valence-corrected chi connectivity index (χ4v) is 2.42. The first-order valence-corrected chi connectivity index (χ1v) is 7.64. The van der Waals surface area contributed by atoms with Gasteiger partial charge in [0.2, 0.25) is 5.95 Å². The Morgan fingerprint density at radius 1 is 1.56 bits per heavy atom. The van der Waals surface area contributed by atoms with Crippen molar-refractivity contribution in [3.8, 4) is 0 Å². The predicted molar refractivity (Wildman–Crippen MR) is 76.1 cm³/mol. The summed E-state index contributed by atoms with van der Waals surface area (Å²) in [6, 6.07) is 1.99. The minimum absolute atomic E-state index is 0.340. The summed E-state index contributed by atoms with van der Waals surface area (Å²) in [5.41, 5.74) is 6.74. The first kappa shape index (κ1) is 13.4. The Morgan fingerprint density at radius 2 is 2.44 bits per heavy atom. The summed E-state index contributed by atoms with van der Waals surface area (Å²) in [6.45, 7) is 2.46. The summed E-state index contributed by atoms with van der Waals surface area (Å²) < 4.78 is 5.38. The van der Waals surface area contributed by atoms with E-state index in [-0.39, 0.29) is 0 Å². The minimum atomic E-state index is 0.340. The van der Waals surface area contributed by atoms with Gasteiger partial charge in [-0.2, -0.15) is 16.7 Å². The van der Waals surface area contributed by atoms with Gasteiger partial charge in [-0.3, -0.25) is 0 Å². The zero-order valence-electron chi connectivity index (χ0n) is 10.7. The molecule has 3 N–H and O–H groups in total. The highest BCUT2D eigenvalue weighted by Gasteiger charge is 2.20. The van der Waals surface area contributed by atoms with Crippen LogP contribution in [-0.4, -0.2) is 41.7 Å². The molecule has 100 valence electrons. The van der Waals surface area contributed by atoms with E-state index in [9.17, 15) is 0 Å². The topological polar surface area (TPSA) is 73.1 Å². The van der Waals surface area contributed by atoms with E-state index in [1.165, 1.54) is 0 Å². The second-order valence-corrected chi connectivity index (χ2v) is 5.36. The molecule has 1 aliphatic heterocycles. The maximum Gasteiger partial charge on any atom is 0.222 e. The number of rotatable bonds is 6. The quantitative estimate of drug-likeness (QED) is 0.765. The number of nitrogens with one attached hydrogen (secondary N) is 1. The molecule has 1 saturated heterocycles. The molecule has 2 heterocycles. The predicted octanol–water partition coefficient (Wildman–Crippen LogP) is 1.73. The second-order valence-electron chi connectivity index (χ2n) is 4.37. The summed E-state index contributed by atoms with van der Waals surface area (Å²) in [4.78, 5) is 8.51. The van der Waals surface area contributed by atoms with E-state index in [0.717, 1.165) is 49.9 Å². The van der Waals surface area contributed by atoms with Gasteiger partial charge in [-0.05, 0) is 24.9 Å². The summed E-state index contributed by atoms with van der Waals surface area (Å²) in [7, 11) is 0. The van der Waals surface area contributed by atoms with Gasteiger partial charge in [0.1, 0.15) is 5.82 Å². The molecule has 0 unspecified atom stereocenters. The van der Waals surface area contributed by atoms with Crippen LogP contribution in [0.2, 0.25) is 0 Å². The van der Waals surface area contributed by atoms with E-state index in [0.29, 0.717) is 11.9 Å². The van der Waals surface area contributed by atoms with Gasteiger partial charge >= 0.3 is 0 Å². The number of nitrogen functional groups attached to an aromatic ring is 1. The molecule has 2 rings (SSSR count). The van der Waals surface area contributed by atoms with Crippen LogP contribution in [0.5, 0.6) is 0 Å². The fraction of sp³-hybridized carbons (Fsp3) is 0.667. The number of anilines is 2. The summed E-state index contributed by atoms with van der Waals surface area (Å²) in [5, 5.41) is 3.30. The smallest absolute Gasteiger partial charge is 0.222 e. The van der Waals surface area contributed by atoms with Crippen LogP contribution in [0.15, 0.2) is 6.07 Å². The third-order valence-corrected chi connectivity index (χ3v) is 3.64. The molecule has 1 atom stereocenters. The number of nitrogens with zero attached hydrogens (tertiary/aromatic N) is 2. The Labute approximate surface area is 112 Å². The summed E-state index contributed by atoms with van der Waals surface area (Å²) >= 11 is 1.85. The number of thioether (sulfide) groups is 1. The Bertz CT molecular complexity index is 382. The third kappa shape index (κ3) is 3.74. The maximum atomic E-state index is 5.75. The van der Waals surface area contributed by atoms with E-state index in [2.05, 4.69) is 21.5 Å². The molecule has 1 fully saturated rings.